The maximum atomic E-state index is 12.9. The van der Waals surface area contributed by atoms with Crippen LogP contribution >= 0.6 is 0 Å². The van der Waals surface area contributed by atoms with Gasteiger partial charge < -0.3 is 5.11 Å². The number of carbonyl (C=O) groups is 1. The van der Waals surface area contributed by atoms with Crippen LogP contribution in [-0.2, 0) is 6.54 Å². The van der Waals surface area contributed by atoms with Crippen molar-refractivity contribution in [3.63, 3.8) is 0 Å². The zero-order chi connectivity index (χ0) is 12.4. The minimum Gasteiger partial charge on any atom is -0.478 e. The number of aromatic nitrogens is 3. The quantitative estimate of drug-likeness (QED) is 0.874. The fourth-order valence-corrected chi connectivity index (χ4v) is 1.54. The molecule has 2 aromatic heterocycles. The van der Waals surface area contributed by atoms with Crippen molar-refractivity contribution in [3.05, 3.63) is 47.3 Å². The first-order valence-corrected chi connectivity index (χ1v) is 4.93. The number of pyridine rings is 1. The smallest absolute Gasteiger partial charge is 0.339 e. The first kappa shape index (κ1) is 11.3. The monoisotopic (exact) mass is 235 g/mol. The molecule has 2 aromatic rings. The minimum absolute atomic E-state index is 0.148. The molecule has 0 amide bonds. The predicted molar refractivity (Wildman–Crippen MR) is 57.2 cm³/mol. The second-order valence-electron chi connectivity index (χ2n) is 3.64. The van der Waals surface area contributed by atoms with Crippen LogP contribution in [0.4, 0.5) is 4.39 Å². The van der Waals surface area contributed by atoms with Gasteiger partial charge in [-0.05, 0) is 18.6 Å². The normalized spacial score (nSPS) is 10.5. The molecule has 6 heteroatoms. The van der Waals surface area contributed by atoms with Crippen LogP contribution in [0.3, 0.4) is 0 Å². The molecule has 88 valence electrons. The van der Waals surface area contributed by atoms with Crippen molar-refractivity contribution in [2.24, 2.45) is 0 Å². The third-order valence-corrected chi connectivity index (χ3v) is 2.28. The van der Waals surface area contributed by atoms with Gasteiger partial charge in [-0.2, -0.15) is 5.10 Å². The molecule has 0 aromatic carbocycles. The molecule has 1 N–H and O–H groups in total. The highest BCUT2D eigenvalue weighted by molar-refractivity contribution is 5.88. The van der Waals surface area contributed by atoms with Crippen molar-refractivity contribution in [2.75, 3.05) is 0 Å². The molecule has 0 bridgehead atoms. The van der Waals surface area contributed by atoms with E-state index in [0.29, 0.717) is 17.8 Å². The summed E-state index contributed by atoms with van der Waals surface area (Å²) < 4.78 is 14.3. The summed E-state index contributed by atoms with van der Waals surface area (Å²) in [6, 6.07) is 1.34. The van der Waals surface area contributed by atoms with E-state index >= 15 is 0 Å². The molecule has 2 rings (SSSR count). The van der Waals surface area contributed by atoms with Gasteiger partial charge in [0, 0.05) is 12.4 Å². The molecule has 0 saturated carbocycles. The maximum Gasteiger partial charge on any atom is 0.339 e. The Morgan fingerprint density at radius 1 is 1.53 bits per heavy atom. The van der Waals surface area contributed by atoms with Gasteiger partial charge in [-0.1, -0.05) is 0 Å². The Kier molecular flexibility index (Phi) is 2.86. The highest BCUT2D eigenvalue weighted by atomic mass is 19.1. The molecule has 0 saturated heterocycles. The van der Waals surface area contributed by atoms with Gasteiger partial charge in [-0.3, -0.25) is 9.67 Å². The van der Waals surface area contributed by atoms with Crippen LogP contribution in [-0.4, -0.2) is 25.8 Å². The first-order valence-electron chi connectivity index (χ1n) is 4.93. The standard InChI is InChI=1S/C11H10FN3O2/c1-7-10(11(16)17)6-15(14-7)5-8-2-9(12)4-13-3-8/h2-4,6H,5H2,1H3,(H,16,17). The second-order valence-corrected chi connectivity index (χ2v) is 3.64. The van der Waals surface area contributed by atoms with E-state index in [1.807, 2.05) is 0 Å². The average Bonchev–Trinajstić information content (AvgIpc) is 2.59. The van der Waals surface area contributed by atoms with Crippen LogP contribution in [0.2, 0.25) is 0 Å². The van der Waals surface area contributed by atoms with Gasteiger partial charge in [0.25, 0.3) is 0 Å². The second kappa shape index (κ2) is 4.32. The number of hydrogen-bond acceptors (Lipinski definition) is 3. The van der Waals surface area contributed by atoms with Crippen LogP contribution in [0.25, 0.3) is 0 Å². The highest BCUT2D eigenvalue weighted by Crippen LogP contribution is 2.08. The number of aryl methyl sites for hydroxylation is 1. The van der Waals surface area contributed by atoms with E-state index < -0.39 is 11.8 Å². The molecule has 0 aliphatic carbocycles. The number of rotatable bonds is 3. The summed E-state index contributed by atoms with van der Waals surface area (Å²) in [4.78, 5) is 14.5. The molecule has 0 fully saturated rings. The lowest BCUT2D eigenvalue weighted by Gasteiger charge is -2.00. The lowest BCUT2D eigenvalue weighted by molar-refractivity contribution is 0.0696. The first-order chi connectivity index (χ1) is 8.06. The molecular weight excluding hydrogens is 225 g/mol. The fourth-order valence-electron chi connectivity index (χ4n) is 1.54. The molecule has 0 atom stereocenters. The molecule has 0 radical (unpaired) electrons. The molecule has 0 aliphatic rings. The number of carboxylic acids is 1. The SMILES string of the molecule is Cc1nn(Cc2cncc(F)c2)cc1C(=O)O. The summed E-state index contributed by atoms with van der Waals surface area (Å²) >= 11 is 0. The topological polar surface area (TPSA) is 68.0 Å². The van der Waals surface area contributed by atoms with Crippen LogP contribution < -0.4 is 0 Å². The molecule has 0 spiro atoms. The average molecular weight is 235 g/mol. The largest absolute Gasteiger partial charge is 0.478 e. The Morgan fingerprint density at radius 2 is 2.29 bits per heavy atom. The molecular formula is C11H10FN3O2. The van der Waals surface area contributed by atoms with Gasteiger partial charge in [0.2, 0.25) is 0 Å². The van der Waals surface area contributed by atoms with Crippen molar-refractivity contribution < 1.29 is 14.3 Å². The number of hydrogen-bond donors (Lipinski definition) is 1. The van der Waals surface area contributed by atoms with Crippen LogP contribution in [0.5, 0.6) is 0 Å². The van der Waals surface area contributed by atoms with Gasteiger partial charge in [-0.25, -0.2) is 9.18 Å². The van der Waals surface area contributed by atoms with E-state index in [1.54, 1.807) is 6.92 Å². The molecule has 5 nitrogen and oxygen atoms in total. The van der Waals surface area contributed by atoms with Gasteiger partial charge in [0.1, 0.15) is 11.4 Å². The molecule has 17 heavy (non-hydrogen) atoms. The van der Waals surface area contributed by atoms with Gasteiger partial charge in [0.05, 0.1) is 18.4 Å². The third-order valence-electron chi connectivity index (χ3n) is 2.28. The van der Waals surface area contributed by atoms with E-state index in [0.717, 1.165) is 6.20 Å². The van der Waals surface area contributed by atoms with Crippen LogP contribution in [0, 0.1) is 12.7 Å². The minimum atomic E-state index is -1.02. The molecule has 0 aliphatic heterocycles. The third kappa shape index (κ3) is 2.47. The number of nitrogens with zero attached hydrogens (tertiary/aromatic N) is 3. The van der Waals surface area contributed by atoms with E-state index in [2.05, 4.69) is 10.1 Å². The summed E-state index contributed by atoms with van der Waals surface area (Å²) in [5.41, 5.74) is 1.21. The van der Waals surface area contributed by atoms with E-state index in [1.165, 1.54) is 23.1 Å². The summed E-state index contributed by atoms with van der Waals surface area (Å²) in [6.45, 7) is 1.91. The van der Waals surface area contributed by atoms with Gasteiger partial charge in [-0.15, -0.1) is 0 Å². The zero-order valence-electron chi connectivity index (χ0n) is 9.09. The van der Waals surface area contributed by atoms with Crippen LogP contribution in [0.15, 0.2) is 24.7 Å². The Labute approximate surface area is 96.5 Å². The zero-order valence-corrected chi connectivity index (χ0v) is 9.09. The van der Waals surface area contributed by atoms with Gasteiger partial charge >= 0.3 is 5.97 Å². The van der Waals surface area contributed by atoms with Crippen molar-refractivity contribution in [1.82, 2.24) is 14.8 Å². The Hall–Kier alpha value is -2.24. The summed E-state index contributed by atoms with van der Waals surface area (Å²) in [6.07, 6.45) is 4.05. The molecule has 2 heterocycles. The van der Waals surface area contributed by atoms with Crippen molar-refractivity contribution in [1.29, 1.82) is 0 Å². The lowest BCUT2D eigenvalue weighted by atomic mass is 10.2. The Balaban J connectivity index is 2.25. The van der Waals surface area contributed by atoms with Crippen molar-refractivity contribution >= 4 is 5.97 Å². The fraction of sp³-hybridized carbons (Fsp3) is 0.182. The number of carboxylic acid groups (broad SMARTS) is 1. The van der Waals surface area contributed by atoms with Gasteiger partial charge in [0.15, 0.2) is 0 Å². The van der Waals surface area contributed by atoms with E-state index in [4.69, 9.17) is 5.11 Å². The summed E-state index contributed by atoms with van der Waals surface area (Å²) in [7, 11) is 0. The van der Waals surface area contributed by atoms with Crippen molar-refractivity contribution in [3.8, 4) is 0 Å². The Bertz CT molecular complexity index is 566. The summed E-state index contributed by atoms with van der Waals surface area (Å²) in [5.74, 6) is -1.45. The number of halogens is 1. The highest BCUT2D eigenvalue weighted by Gasteiger charge is 2.11. The predicted octanol–water partition coefficient (Wildman–Crippen LogP) is 1.47. The van der Waals surface area contributed by atoms with Crippen molar-refractivity contribution in [2.45, 2.75) is 13.5 Å². The lowest BCUT2D eigenvalue weighted by Crippen LogP contribution is -2.01. The van der Waals surface area contributed by atoms with E-state index in [-0.39, 0.29) is 5.56 Å². The van der Waals surface area contributed by atoms with Crippen LogP contribution in [0.1, 0.15) is 21.6 Å². The summed E-state index contributed by atoms with van der Waals surface area (Å²) in [5, 5.41) is 12.9. The maximum absolute atomic E-state index is 12.9. The molecule has 0 unspecified atom stereocenters. The number of aromatic carboxylic acids is 1. The Morgan fingerprint density at radius 3 is 2.88 bits per heavy atom. The van der Waals surface area contributed by atoms with E-state index in [9.17, 15) is 9.18 Å².